The van der Waals surface area contributed by atoms with Crippen LogP contribution in [0.15, 0.2) is 54.6 Å². The first-order valence-corrected chi connectivity index (χ1v) is 12.1. The minimum absolute atomic E-state index is 0.0861. The zero-order chi connectivity index (χ0) is 25.2. The van der Waals surface area contributed by atoms with E-state index in [0.29, 0.717) is 30.3 Å². The first kappa shape index (κ1) is 24.5. The lowest BCUT2D eigenvalue weighted by molar-refractivity contribution is 0.0728. The molecule has 1 amide bonds. The Morgan fingerprint density at radius 2 is 1.69 bits per heavy atom. The molecule has 7 heteroatoms. The van der Waals surface area contributed by atoms with Crippen LogP contribution in [0.3, 0.4) is 0 Å². The molecule has 0 saturated heterocycles. The Labute approximate surface area is 207 Å². The lowest BCUT2D eigenvalue weighted by Gasteiger charge is -2.34. The molecule has 3 N–H and O–H groups in total. The van der Waals surface area contributed by atoms with Crippen molar-refractivity contribution < 1.29 is 9.90 Å². The number of aromatic nitrogens is 2. The number of phenols is 1. The fourth-order valence-corrected chi connectivity index (χ4v) is 4.92. The van der Waals surface area contributed by atoms with E-state index in [1.807, 2.05) is 23.1 Å². The van der Waals surface area contributed by atoms with Crippen LogP contribution in [0.5, 0.6) is 5.75 Å². The molecule has 35 heavy (non-hydrogen) atoms. The summed E-state index contributed by atoms with van der Waals surface area (Å²) in [6.45, 7) is 12.0. The number of anilines is 3. The fraction of sp³-hybridized carbons (Fsp3) is 0.393. The second-order valence-corrected chi connectivity index (χ2v) is 11.1. The van der Waals surface area contributed by atoms with Gasteiger partial charge < -0.3 is 20.6 Å². The Balaban J connectivity index is 1.65. The molecular weight excluding hydrogens is 438 g/mol. The van der Waals surface area contributed by atoms with Crippen LogP contribution in [0.4, 0.5) is 17.5 Å². The number of fused-ring (bicyclic) bond motifs is 1. The van der Waals surface area contributed by atoms with Gasteiger partial charge in [-0.05, 0) is 55.4 Å². The average Bonchev–Trinajstić information content (AvgIpc) is 2.77. The van der Waals surface area contributed by atoms with Crippen LogP contribution in [0.1, 0.15) is 62.7 Å². The van der Waals surface area contributed by atoms with E-state index < -0.39 is 0 Å². The van der Waals surface area contributed by atoms with Gasteiger partial charge in [0.25, 0.3) is 5.91 Å². The second-order valence-electron chi connectivity index (χ2n) is 11.1. The number of rotatable bonds is 6. The SMILES string of the molecule is CC(C)(C)CC(C)(C)Nc1cc(C(=O)N2CCc3ccccc3C2)nc(Nc2ccccc2O)n1. The molecule has 0 aliphatic carbocycles. The Kier molecular flexibility index (Phi) is 6.70. The number of carbonyl (C=O) groups excluding carboxylic acids is 1. The molecule has 1 aliphatic rings. The van der Waals surface area contributed by atoms with E-state index in [9.17, 15) is 9.90 Å². The maximum Gasteiger partial charge on any atom is 0.273 e. The third kappa shape index (κ3) is 6.29. The zero-order valence-corrected chi connectivity index (χ0v) is 21.2. The van der Waals surface area contributed by atoms with Gasteiger partial charge >= 0.3 is 0 Å². The summed E-state index contributed by atoms with van der Waals surface area (Å²) in [6, 6.07) is 16.9. The maximum absolute atomic E-state index is 13.6. The van der Waals surface area contributed by atoms with Crippen LogP contribution in [0.25, 0.3) is 0 Å². The molecule has 0 bridgehead atoms. The van der Waals surface area contributed by atoms with Crippen molar-refractivity contribution in [3.63, 3.8) is 0 Å². The summed E-state index contributed by atoms with van der Waals surface area (Å²) < 4.78 is 0. The molecule has 1 aliphatic heterocycles. The van der Waals surface area contributed by atoms with E-state index >= 15 is 0 Å². The standard InChI is InChI=1S/C28H35N5O2/c1-27(2,3)18-28(4,5)32-24-16-22(30-26(31-24)29-21-12-8-9-13-23(21)34)25(35)33-15-14-19-10-6-7-11-20(19)17-33/h6-13,16,34H,14-15,17-18H2,1-5H3,(H2,29,30,31,32). The number of carbonyl (C=O) groups is 1. The molecule has 0 unspecified atom stereocenters. The molecule has 2 heterocycles. The highest BCUT2D eigenvalue weighted by molar-refractivity contribution is 5.93. The smallest absolute Gasteiger partial charge is 0.273 e. The number of hydrogen-bond acceptors (Lipinski definition) is 6. The predicted octanol–water partition coefficient (Wildman–Crippen LogP) is 5.75. The van der Waals surface area contributed by atoms with Crippen molar-refractivity contribution in [1.29, 1.82) is 0 Å². The lowest BCUT2D eigenvalue weighted by atomic mass is 9.82. The number of nitrogens with one attached hydrogen (secondary N) is 2. The topological polar surface area (TPSA) is 90.4 Å². The fourth-order valence-electron chi connectivity index (χ4n) is 4.92. The van der Waals surface area contributed by atoms with Crippen molar-refractivity contribution >= 4 is 23.4 Å². The van der Waals surface area contributed by atoms with Gasteiger partial charge in [0, 0.05) is 24.7 Å². The van der Waals surface area contributed by atoms with Crippen LogP contribution >= 0.6 is 0 Å². The monoisotopic (exact) mass is 473 g/mol. The first-order chi connectivity index (χ1) is 16.5. The Bertz CT molecular complexity index is 1220. The first-order valence-electron chi connectivity index (χ1n) is 12.1. The Morgan fingerprint density at radius 1 is 1.00 bits per heavy atom. The van der Waals surface area contributed by atoms with Gasteiger partial charge in [-0.2, -0.15) is 4.98 Å². The van der Waals surface area contributed by atoms with Crippen LogP contribution in [0.2, 0.25) is 0 Å². The molecule has 0 atom stereocenters. The molecule has 0 spiro atoms. The van der Waals surface area contributed by atoms with Gasteiger partial charge in [0.1, 0.15) is 17.3 Å². The Hall–Kier alpha value is -3.61. The van der Waals surface area contributed by atoms with E-state index in [0.717, 1.165) is 12.8 Å². The number of benzene rings is 2. The van der Waals surface area contributed by atoms with Crippen LogP contribution in [-0.4, -0.2) is 38.0 Å². The molecule has 4 rings (SSSR count). The van der Waals surface area contributed by atoms with Crippen LogP contribution < -0.4 is 10.6 Å². The second kappa shape index (κ2) is 9.56. The number of phenolic OH excluding ortho intramolecular Hbond substituents is 1. The predicted molar refractivity (Wildman–Crippen MR) is 140 cm³/mol. The number of amides is 1. The summed E-state index contributed by atoms with van der Waals surface area (Å²) >= 11 is 0. The summed E-state index contributed by atoms with van der Waals surface area (Å²) in [6.07, 6.45) is 1.72. The lowest BCUT2D eigenvalue weighted by Crippen LogP contribution is -2.37. The van der Waals surface area contributed by atoms with Crippen molar-refractivity contribution in [3.8, 4) is 5.75 Å². The number of nitrogens with zero attached hydrogens (tertiary/aromatic N) is 3. The number of para-hydroxylation sites is 2. The van der Waals surface area contributed by atoms with Crippen molar-refractivity contribution in [2.45, 2.75) is 59.5 Å². The molecule has 0 saturated carbocycles. The van der Waals surface area contributed by atoms with E-state index in [4.69, 9.17) is 0 Å². The molecule has 7 nitrogen and oxygen atoms in total. The number of aromatic hydroxyl groups is 1. The van der Waals surface area contributed by atoms with Crippen molar-refractivity contribution in [3.05, 3.63) is 71.4 Å². The molecule has 0 radical (unpaired) electrons. The van der Waals surface area contributed by atoms with Gasteiger partial charge in [-0.3, -0.25) is 4.79 Å². The minimum atomic E-state index is -0.261. The number of hydrogen-bond donors (Lipinski definition) is 3. The highest BCUT2D eigenvalue weighted by Crippen LogP contribution is 2.31. The van der Waals surface area contributed by atoms with Crippen molar-refractivity contribution in [2.24, 2.45) is 5.41 Å². The van der Waals surface area contributed by atoms with Gasteiger partial charge in [-0.15, -0.1) is 0 Å². The van der Waals surface area contributed by atoms with E-state index in [2.05, 4.69) is 67.4 Å². The minimum Gasteiger partial charge on any atom is -0.506 e. The van der Waals surface area contributed by atoms with Crippen LogP contribution in [-0.2, 0) is 13.0 Å². The van der Waals surface area contributed by atoms with Gasteiger partial charge in [0.2, 0.25) is 5.95 Å². The van der Waals surface area contributed by atoms with Crippen LogP contribution in [0, 0.1) is 5.41 Å². The summed E-state index contributed by atoms with van der Waals surface area (Å²) in [5.41, 5.74) is 3.09. The summed E-state index contributed by atoms with van der Waals surface area (Å²) in [4.78, 5) is 24.6. The third-order valence-electron chi connectivity index (χ3n) is 5.95. The summed E-state index contributed by atoms with van der Waals surface area (Å²) in [5, 5.41) is 16.8. The highest BCUT2D eigenvalue weighted by atomic mass is 16.3. The molecule has 3 aromatic rings. The van der Waals surface area contributed by atoms with E-state index in [1.165, 1.54) is 11.1 Å². The van der Waals surface area contributed by atoms with Crippen molar-refractivity contribution in [2.75, 3.05) is 17.2 Å². The summed E-state index contributed by atoms with van der Waals surface area (Å²) in [5.74, 6) is 0.763. The average molecular weight is 474 g/mol. The van der Waals surface area contributed by atoms with E-state index in [-0.39, 0.29) is 28.6 Å². The molecule has 2 aromatic carbocycles. The van der Waals surface area contributed by atoms with E-state index in [1.54, 1.807) is 24.3 Å². The summed E-state index contributed by atoms with van der Waals surface area (Å²) in [7, 11) is 0. The molecular formula is C28H35N5O2. The normalized spacial score (nSPS) is 13.8. The van der Waals surface area contributed by atoms with Gasteiger partial charge in [-0.1, -0.05) is 57.2 Å². The largest absolute Gasteiger partial charge is 0.506 e. The van der Waals surface area contributed by atoms with Gasteiger partial charge in [0.05, 0.1) is 5.69 Å². The third-order valence-corrected chi connectivity index (χ3v) is 5.95. The van der Waals surface area contributed by atoms with Gasteiger partial charge in [0.15, 0.2) is 0 Å². The molecule has 1 aromatic heterocycles. The highest BCUT2D eigenvalue weighted by Gasteiger charge is 2.28. The van der Waals surface area contributed by atoms with Gasteiger partial charge in [-0.25, -0.2) is 4.98 Å². The zero-order valence-electron chi connectivity index (χ0n) is 21.2. The quantitative estimate of drug-likeness (QED) is 0.395. The van der Waals surface area contributed by atoms with Crippen molar-refractivity contribution in [1.82, 2.24) is 14.9 Å². The Morgan fingerprint density at radius 3 is 2.40 bits per heavy atom. The maximum atomic E-state index is 13.6. The molecule has 0 fully saturated rings. The molecule has 184 valence electrons.